The lowest BCUT2D eigenvalue weighted by Crippen LogP contribution is -2.24. The molecule has 124 valence electrons. The summed E-state index contributed by atoms with van der Waals surface area (Å²) in [4.78, 5) is 40.4. The number of carbonyl (C=O) groups is 2. The maximum absolute atomic E-state index is 12.5. The van der Waals surface area contributed by atoms with Gasteiger partial charge in [0.05, 0.1) is 22.3 Å². The van der Waals surface area contributed by atoms with E-state index in [2.05, 4.69) is 10.3 Å². The fourth-order valence-electron chi connectivity index (χ4n) is 3.03. The van der Waals surface area contributed by atoms with Gasteiger partial charge in [0.1, 0.15) is 11.0 Å². The number of anilines is 1. The highest BCUT2D eigenvalue weighted by atomic mass is 35.5. The van der Waals surface area contributed by atoms with Crippen LogP contribution in [0.1, 0.15) is 26.3 Å². The molecule has 3 N–H and O–H groups in total. The molecule has 0 atom stereocenters. The zero-order valence-electron chi connectivity index (χ0n) is 13.0. The maximum Gasteiger partial charge on any atom is 0.262 e. The van der Waals surface area contributed by atoms with Gasteiger partial charge in [0.2, 0.25) is 0 Å². The number of nitrogens with two attached hydrogens (primary N) is 1. The highest BCUT2D eigenvalue weighted by Gasteiger charge is 2.31. The normalized spacial score (nSPS) is 13.2. The van der Waals surface area contributed by atoms with Crippen molar-refractivity contribution in [3.05, 3.63) is 62.5 Å². The summed E-state index contributed by atoms with van der Waals surface area (Å²) in [6.45, 7) is 1.90. The van der Waals surface area contributed by atoms with Crippen molar-refractivity contribution < 1.29 is 9.59 Å². The second-order valence-corrected chi connectivity index (χ2v) is 6.13. The van der Waals surface area contributed by atoms with Crippen LogP contribution in [-0.4, -0.2) is 21.4 Å². The van der Waals surface area contributed by atoms with E-state index in [0.717, 1.165) is 17.0 Å². The molecule has 7 nitrogen and oxygen atoms in total. The highest BCUT2D eigenvalue weighted by Crippen LogP contribution is 2.26. The van der Waals surface area contributed by atoms with E-state index < -0.39 is 17.4 Å². The summed E-state index contributed by atoms with van der Waals surface area (Å²) in [6, 6.07) is 8.01. The molecule has 0 bridgehead atoms. The number of nitrogen functional groups attached to an aromatic ring is 1. The van der Waals surface area contributed by atoms with Crippen LogP contribution in [0.25, 0.3) is 16.6 Å². The number of nitrogens with one attached hydrogen (secondary N) is 1. The molecule has 25 heavy (non-hydrogen) atoms. The fraction of sp³-hybridized carbons (Fsp3) is 0.0588. The average molecular weight is 355 g/mol. The summed E-state index contributed by atoms with van der Waals surface area (Å²) in [5, 5.41) is 3.35. The van der Waals surface area contributed by atoms with Crippen LogP contribution >= 0.6 is 11.6 Å². The van der Waals surface area contributed by atoms with Crippen LogP contribution in [0.5, 0.6) is 0 Å². The Labute approximate surface area is 146 Å². The number of amides is 2. The second-order valence-electron chi connectivity index (χ2n) is 5.74. The summed E-state index contributed by atoms with van der Waals surface area (Å²) >= 11 is 6.00. The van der Waals surface area contributed by atoms with E-state index in [9.17, 15) is 14.4 Å². The Bertz CT molecular complexity index is 1170. The van der Waals surface area contributed by atoms with Crippen molar-refractivity contribution in [1.82, 2.24) is 14.9 Å². The van der Waals surface area contributed by atoms with E-state index >= 15 is 0 Å². The fourth-order valence-corrected chi connectivity index (χ4v) is 3.29. The Balaban J connectivity index is 2.02. The van der Waals surface area contributed by atoms with Gasteiger partial charge in [-0.15, -0.1) is 0 Å². The Hall–Kier alpha value is -3.19. The molecule has 1 aromatic carbocycles. The van der Waals surface area contributed by atoms with E-state index in [1.54, 1.807) is 24.3 Å². The molecule has 3 heterocycles. The van der Waals surface area contributed by atoms with Crippen molar-refractivity contribution in [2.24, 2.45) is 0 Å². The molecule has 0 spiro atoms. The third-order valence-corrected chi connectivity index (χ3v) is 4.37. The molecule has 3 aromatic rings. The Morgan fingerprint density at radius 1 is 1.12 bits per heavy atom. The number of aromatic nitrogens is 2. The predicted octanol–water partition coefficient (Wildman–Crippen LogP) is 1.81. The average Bonchev–Trinajstić information content (AvgIpc) is 2.81. The van der Waals surface area contributed by atoms with Crippen LogP contribution in [0.4, 0.5) is 5.82 Å². The zero-order valence-corrected chi connectivity index (χ0v) is 13.7. The molecule has 8 heteroatoms. The van der Waals surface area contributed by atoms with E-state index in [0.29, 0.717) is 16.4 Å². The van der Waals surface area contributed by atoms with Crippen LogP contribution in [0.3, 0.4) is 0 Å². The number of hydrogen-bond donors (Lipinski definition) is 2. The van der Waals surface area contributed by atoms with E-state index in [1.165, 1.54) is 4.57 Å². The van der Waals surface area contributed by atoms with Gasteiger partial charge in [-0.2, -0.15) is 0 Å². The number of aryl methyl sites for hydroxylation is 1. The van der Waals surface area contributed by atoms with Gasteiger partial charge < -0.3 is 5.73 Å². The first-order valence-electron chi connectivity index (χ1n) is 7.35. The lowest BCUT2D eigenvalue weighted by Gasteiger charge is -2.13. The van der Waals surface area contributed by atoms with Crippen LogP contribution in [-0.2, 0) is 0 Å². The Morgan fingerprint density at radius 2 is 1.88 bits per heavy atom. The highest BCUT2D eigenvalue weighted by molar-refractivity contribution is 6.30. The van der Waals surface area contributed by atoms with Gasteiger partial charge in [-0.05, 0) is 30.7 Å². The number of hydrogen-bond acceptors (Lipinski definition) is 5. The number of rotatable bonds is 1. The first-order valence-corrected chi connectivity index (χ1v) is 7.73. The predicted molar refractivity (Wildman–Crippen MR) is 93.3 cm³/mol. The van der Waals surface area contributed by atoms with Crippen LogP contribution in [0.2, 0.25) is 5.15 Å². The third kappa shape index (κ3) is 2.20. The Kier molecular flexibility index (Phi) is 3.16. The summed E-state index contributed by atoms with van der Waals surface area (Å²) < 4.78 is 1.17. The van der Waals surface area contributed by atoms with Crippen LogP contribution in [0.15, 0.2) is 35.1 Å². The molecule has 1 aliphatic rings. The van der Waals surface area contributed by atoms with Gasteiger partial charge in [-0.3, -0.25) is 24.3 Å². The van der Waals surface area contributed by atoms with E-state index in [4.69, 9.17) is 17.3 Å². The minimum absolute atomic E-state index is 0.0000641. The number of benzene rings is 1. The van der Waals surface area contributed by atoms with Gasteiger partial charge in [-0.1, -0.05) is 17.7 Å². The van der Waals surface area contributed by atoms with E-state index in [1.807, 2.05) is 6.92 Å². The first-order chi connectivity index (χ1) is 11.9. The van der Waals surface area contributed by atoms with Gasteiger partial charge in [-0.25, -0.2) is 4.98 Å². The summed E-state index contributed by atoms with van der Waals surface area (Å²) in [6.07, 6.45) is 0. The topological polar surface area (TPSA) is 107 Å². The van der Waals surface area contributed by atoms with Gasteiger partial charge in [0.15, 0.2) is 0 Å². The Morgan fingerprint density at radius 3 is 2.64 bits per heavy atom. The lowest BCUT2D eigenvalue weighted by atomic mass is 10.1. The molecule has 0 saturated carbocycles. The monoisotopic (exact) mass is 354 g/mol. The molecule has 2 amide bonds. The van der Waals surface area contributed by atoms with Crippen molar-refractivity contribution in [2.45, 2.75) is 6.92 Å². The molecular weight excluding hydrogens is 344 g/mol. The lowest BCUT2D eigenvalue weighted by molar-refractivity contribution is 0.0880. The molecule has 4 rings (SSSR count). The molecular formula is C17H11ClN4O3. The SMILES string of the molecule is Cc1cc(Cl)nc2cc(-n3c(N)c4c(cc3=O)C(=O)NC4=O)ccc12. The smallest absolute Gasteiger partial charge is 0.262 e. The van der Waals surface area contributed by atoms with Crippen LogP contribution in [0, 0.1) is 6.92 Å². The number of fused-ring (bicyclic) bond motifs is 2. The molecule has 1 aliphatic heterocycles. The zero-order chi connectivity index (χ0) is 17.9. The molecule has 0 unspecified atom stereocenters. The summed E-state index contributed by atoms with van der Waals surface area (Å²) in [5.41, 5.74) is 7.47. The molecule has 0 aliphatic carbocycles. The number of halogens is 1. The summed E-state index contributed by atoms with van der Waals surface area (Å²) in [5.74, 6) is -1.34. The van der Waals surface area contributed by atoms with Crippen molar-refractivity contribution >= 4 is 40.1 Å². The van der Waals surface area contributed by atoms with E-state index in [-0.39, 0.29) is 16.9 Å². The second kappa shape index (κ2) is 5.15. The standard InChI is InChI=1S/C17H11ClN4O3/c1-7-4-12(18)20-11-5-8(2-3-9(7)11)22-13(23)6-10-14(15(22)19)17(25)21-16(10)24/h2-6H,19H2,1H3,(H,21,24,25). The maximum atomic E-state index is 12.5. The molecule has 0 fully saturated rings. The number of nitrogens with zero attached hydrogens (tertiary/aromatic N) is 2. The van der Waals surface area contributed by atoms with Crippen molar-refractivity contribution in [2.75, 3.05) is 5.73 Å². The first kappa shape index (κ1) is 15.3. The van der Waals surface area contributed by atoms with Crippen molar-refractivity contribution in [3.63, 3.8) is 0 Å². The number of imide groups is 1. The number of pyridine rings is 2. The summed E-state index contributed by atoms with van der Waals surface area (Å²) in [7, 11) is 0. The quantitative estimate of drug-likeness (QED) is 0.512. The molecule has 0 radical (unpaired) electrons. The van der Waals surface area contributed by atoms with Gasteiger partial charge >= 0.3 is 0 Å². The van der Waals surface area contributed by atoms with Gasteiger partial charge in [0.25, 0.3) is 17.4 Å². The molecule has 2 aromatic heterocycles. The van der Waals surface area contributed by atoms with Crippen molar-refractivity contribution in [3.8, 4) is 5.69 Å². The minimum Gasteiger partial charge on any atom is -0.384 e. The largest absolute Gasteiger partial charge is 0.384 e. The number of carbonyl (C=O) groups excluding carboxylic acids is 2. The van der Waals surface area contributed by atoms with Crippen LogP contribution < -0.4 is 16.6 Å². The van der Waals surface area contributed by atoms with Crippen molar-refractivity contribution in [1.29, 1.82) is 0 Å². The van der Waals surface area contributed by atoms with Gasteiger partial charge in [0, 0.05) is 11.5 Å². The minimum atomic E-state index is -0.626. The third-order valence-electron chi connectivity index (χ3n) is 4.18. The molecule has 0 saturated heterocycles.